The van der Waals surface area contributed by atoms with E-state index >= 15 is 0 Å². The molecule has 1 aromatic carbocycles. The van der Waals surface area contributed by atoms with Crippen molar-refractivity contribution in [2.75, 3.05) is 45.9 Å². The molecule has 0 aliphatic carbocycles. The molecule has 1 fully saturated rings. The number of hydrogen-bond donors (Lipinski definition) is 2. The first kappa shape index (κ1) is 18.7. The number of aryl methyl sites for hydroxylation is 1. The number of hydrogen-bond acceptors (Lipinski definition) is 3. The van der Waals surface area contributed by atoms with Crippen molar-refractivity contribution in [2.24, 2.45) is 4.99 Å². The predicted molar refractivity (Wildman–Crippen MR) is 95.8 cm³/mol. The van der Waals surface area contributed by atoms with Crippen molar-refractivity contribution in [1.29, 1.82) is 0 Å². The largest absolute Gasteiger partial charge is 0.379 e. The third-order valence-electron chi connectivity index (χ3n) is 4.05. The predicted octanol–water partition coefficient (Wildman–Crippen LogP) is 1.91. The number of halogens is 1. The molecule has 24 heavy (non-hydrogen) atoms. The molecule has 0 unspecified atom stereocenters. The van der Waals surface area contributed by atoms with Gasteiger partial charge in [-0.1, -0.05) is 12.1 Å². The zero-order valence-corrected chi connectivity index (χ0v) is 14.8. The Morgan fingerprint density at radius 3 is 2.79 bits per heavy atom. The average Bonchev–Trinajstić information content (AvgIpc) is 2.60. The lowest BCUT2D eigenvalue weighted by Crippen LogP contribution is -2.40. The second-order valence-corrected chi connectivity index (χ2v) is 6.01. The second-order valence-electron chi connectivity index (χ2n) is 6.01. The summed E-state index contributed by atoms with van der Waals surface area (Å²) in [5, 5.41) is 6.57. The van der Waals surface area contributed by atoms with Crippen LogP contribution < -0.4 is 10.6 Å². The second kappa shape index (κ2) is 10.3. The molecule has 6 heteroatoms. The number of guanidine groups is 1. The van der Waals surface area contributed by atoms with E-state index in [1.165, 1.54) is 0 Å². The maximum Gasteiger partial charge on any atom is 0.191 e. The van der Waals surface area contributed by atoms with E-state index in [0.29, 0.717) is 12.1 Å². The Kier molecular flexibility index (Phi) is 7.98. The van der Waals surface area contributed by atoms with Crippen LogP contribution in [0.4, 0.5) is 4.39 Å². The normalized spacial score (nSPS) is 16.2. The number of nitrogens with zero attached hydrogens (tertiary/aromatic N) is 2. The van der Waals surface area contributed by atoms with Crippen LogP contribution >= 0.6 is 0 Å². The first-order valence-corrected chi connectivity index (χ1v) is 8.76. The van der Waals surface area contributed by atoms with E-state index in [1.54, 1.807) is 19.1 Å². The minimum atomic E-state index is -0.175. The molecule has 1 saturated heterocycles. The fraction of sp³-hybridized carbons (Fsp3) is 0.611. The quantitative estimate of drug-likeness (QED) is 0.454. The Morgan fingerprint density at radius 1 is 1.29 bits per heavy atom. The molecule has 0 aromatic heterocycles. The van der Waals surface area contributed by atoms with Crippen molar-refractivity contribution in [1.82, 2.24) is 15.5 Å². The molecule has 2 rings (SSSR count). The van der Waals surface area contributed by atoms with E-state index in [2.05, 4.69) is 20.5 Å². The number of nitrogens with one attached hydrogen (secondary N) is 2. The first-order chi connectivity index (χ1) is 11.7. The van der Waals surface area contributed by atoms with Crippen LogP contribution in [0, 0.1) is 12.7 Å². The summed E-state index contributed by atoms with van der Waals surface area (Å²) in [6.07, 6.45) is 1.06. The zero-order chi connectivity index (χ0) is 17.2. The van der Waals surface area contributed by atoms with E-state index < -0.39 is 0 Å². The number of aliphatic imine (C=N–C) groups is 1. The van der Waals surface area contributed by atoms with E-state index in [-0.39, 0.29) is 5.82 Å². The summed E-state index contributed by atoms with van der Waals surface area (Å²) in [6.45, 7) is 10.7. The molecule has 0 atom stereocenters. The van der Waals surface area contributed by atoms with Gasteiger partial charge in [0.1, 0.15) is 5.82 Å². The van der Waals surface area contributed by atoms with Crippen molar-refractivity contribution in [3.05, 3.63) is 35.1 Å². The highest BCUT2D eigenvalue weighted by molar-refractivity contribution is 5.79. The van der Waals surface area contributed by atoms with Crippen LogP contribution in [-0.4, -0.2) is 56.8 Å². The van der Waals surface area contributed by atoms with Crippen molar-refractivity contribution < 1.29 is 9.13 Å². The Hall–Kier alpha value is -1.66. The van der Waals surface area contributed by atoms with Gasteiger partial charge in [-0.25, -0.2) is 9.38 Å². The molecule has 1 aromatic rings. The number of morpholine rings is 1. The SMILES string of the molecule is CCNC(=NCc1ccc(C)c(F)c1)NCCCN1CCOCC1. The fourth-order valence-electron chi connectivity index (χ4n) is 2.58. The average molecular weight is 336 g/mol. The summed E-state index contributed by atoms with van der Waals surface area (Å²) in [6, 6.07) is 5.27. The number of rotatable bonds is 7. The molecule has 0 spiro atoms. The van der Waals surface area contributed by atoms with Gasteiger partial charge in [-0.2, -0.15) is 0 Å². The Bertz CT molecular complexity index is 530. The van der Waals surface area contributed by atoms with Gasteiger partial charge in [-0.05, 0) is 44.0 Å². The maximum absolute atomic E-state index is 13.6. The van der Waals surface area contributed by atoms with Gasteiger partial charge in [0.05, 0.1) is 19.8 Å². The van der Waals surface area contributed by atoms with Crippen molar-refractivity contribution >= 4 is 5.96 Å². The highest BCUT2D eigenvalue weighted by Gasteiger charge is 2.09. The lowest BCUT2D eigenvalue weighted by Gasteiger charge is -2.26. The lowest BCUT2D eigenvalue weighted by atomic mass is 10.1. The summed E-state index contributed by atoms with van der Waals surface area (Å²) in [4.78, 5) is 6.95. The third kappa shape index (κ3) is 6.45. The van der Waals surface area contributed by atoms with E-state index in [1.807, 2.05) is 13.0 Å². The standard InChI is InChI=1S/C18H29FN4O/c1-3-20-18(21-7-4-8-23-9-11-24-12-10-23)22-14-16-6-5-15(2)17(19)13-16/h5-6,13H,3-4,7-12,14H2,1-2H3,(H2,20,21,22). The van der Waals surface area contributed by atoms with Crippen LogP contribution in [0.15, 0.2) is 23.2 Å². The minimum absolute atomic E-state index is 0.175. The summed E-state index contributed by atoms with van der Waals surface area (Å²) in [5.41, 5.74) is 1.54. The van der Waals surface area contributed by atoms with Crippen LogP contribution in [0.3, 0.4) is 0 Å². The van der Waals surface area contributed by atoms with Gasteiger partial charge in [0.15, 0.2) is 5.96 Å². The Balaban J connectivity index is 1.76. The highest BCUT2D eigenvalue weighted by Crippen LogP contribution is 2.09. The van der Waals surface area contributed by atoms with Crippen LogP contribution in [0.1, 0.15) is 24.5 Å². The molecule has 0 bridgehead atoms. The highest BCUT2D eigenvalue weighted by atomic mass is 19.1. The van der Waals surface area contributed by atoms with Gasteiger partial charge >= 0.3 is 0 Å². The lowest BCUT2D eigenvalue weighted by molar-refractivity contribution is 0.0376. The molecular formula is C18H29FN4O. The van der Waals surface area contributed by atoms with Gasteiger partial charge in [0.25, 0.3) is 0 Å². The molecular weight excluding hydrogens is 307 g/mol. The third-order valence-corrected chi connectivity index (χ3v) is 4.05. The number of ether oxygens (including phenoxy) is 1. The fourth-order valence-corrected chi connectivity index (χ4v) is 2.58. The minimum Gasteiger partial charge on any atom is -0.379 e. The van der Waals surface area contributed by atoms with Gasteiger partial charge in [0, 0.05) is 26.2 Å². The van der Waals surface area contributed by atoms with Crippen molar-refractivity contribution in [3.63, 3.8) is 0 Å². The van der Waals surface area contributed by atoms with Crippen LogP contribution in [0.2, 0.25) is 0 Å². The van der Waals surface area contributed by atoms with E-state index in [0.717, 1.165) is 63.9 Å². The van der Waals surface area contributed by atoms with E-state index in [9.17, 15) is 4.39 Å². The van der Waals surface area contributed by atoms with Crippen LogP contribution in [0.5, 0.6) is 0 Å². The van der Waals surface area contributed by atoms with Gasteiger partial charge in [-0.3, -0.25) is 4.90 Å². The van der Waals surface area contributed by atoms with Crippen molar-refractivity contribution in [2.45, 2.75) is 26.8 Å². The molecule has 5 nitrogen and oxygen atoms in total. The smallest absolute Gasteiger partial charge is 0.191 e. The molecule has 1 heterocycles. The summed E-state index contributed by atoms with van der Waals surface area (Å²) >= 11 is 0. The topological polar surface area (TPSA) is 48.9 Å². The molecule has 0 radical (unpaired) electrons. The Labute approximate surface area is 144 Å². The summed E-state index contributed by atoms with van der Waals surface area (Å²) in [7, 11) is 0. The van der Waals surface area contributed by atoms with Crippen LogP contribution in [0.25, 0.3) is 0 Å². The molecule has 1 aliphatic heterocycles. The van der Waals surface area contributed by atoms with Crippen molar-refractivity contribution in [3.8, 4) is 0 Å². The van der Waals surface area contributed by atoms with Gasteiger partial charge < -0.3 is 15.4 Å². The maximum atomic E-state index is 13.6. The first-order valence-electron chi connectivity index (χ1n) is 8.76. The molecule has 0 saturated carbocycles. The summed E-state index contributed by atoms with van der Waals surface area (Å²) in [5.74, 6) is 0.603. The molecule has 1 aliphatic rings. The zero-order valence-electron chi connectivity index (χ0n) is 14.8. The number of benzene rings is 1. The van der Waals surface area contributed by atoms with Crippen LogP contribution in [-0.2, 0) is 11.3 Å². The molecule has 2 N–H and O–H groups in total. The molecule has 134 valence electrons. The monoisotopic (exact) mass is 336 g/mol. The van der Waals surface area contributed by atoms with Gasteiger partial charge in [0.2, 0.25) is 0 Å². The van der Waals surface area contributed by atoms with Gasteiger partial charge in [-0.15, -0.1) is 0 Å². The summed E-state index contributed by atoms with van der Waals surface area (Å²) < 4.78 is 18.9. The Morgan fingerprint density at radius 2 is 2.08 bits per heavy atom. The molecule has 0 amide bonds. The van der Waals surface area contributed by atoms with E-state index in [4.69, 9.17) is 4.74 Å².